The Kier molecular flexibility index (Phi) is 2.42. The fraction of sp³-hybridized carbons (Fsp3) is 0. The van der Waals surface area contributed by atoms with Crippen LogP contribution in [0.4, 0.5) is 17.6 Å². The first-order chi connectivity index (χ1) is 5.61. The summed E-state index contributed by atoms with van der Waals surface area (Å²) < 4.78 is 47.7. The van der Waals surface area contributed by atoms with E-state index in [2.05, 4.69) is 4.98 Å². The molecule has 0 spiro atoms. The summed E-state index contributed by atoms with van der Waals surface area (Å²) in [5.41, 5.74) is -0.434. The van der Waals surface area contributed by atoms with Crippen molar-refractivity contribution in [3.63, 3.8) is 0 Å². The molecule has 64 valence electrons. The van der Waals surface area contributed by atoms with Crippen molar-refractivity contribution < 1.29 is 17.6 Å². The van der Waals surface area contributed by atoms with Crippen LogP contribution in [0.5, 0.6) is 0 Å². The Bertz CT molecular complexity index is 300. The van der Waals surface area contributed by atoms with E-state index >= 15 is 0 Å². The van der Waals surface area contributed by atoms with Crippen molar-refractivity contribution in [3.05, 3.63) is 35.9 Å². The highest BCUT2D eigenvalue weighted by atomic mass is 19.3. The van der Waals surface area contributed by atoms with Gasteiger partial charge in [-0.25, -0.2) is 9.37 Å². The zero-order valence-electron chi connectivity index (χ0n) is 5.69. The van der Waals surface area contributed by atoms with Crippen LogP contribution in [0.2, 0.25) is 0 Å². The summed E-state index contributed by atoms with van der Waals surface area (Å²) in [5, 5.41) is 0. The molecule has 0 aliphatic rings. The first kappa shape index (κ1) is 8.70. The van der Waals surface area contributed by atoms with Crippen molar-refractivity contribution in [1.29, 1.82) is 0 Å². The van der Waals surface area contributed by atoms with E-state index in [1.165, 1.54) is 0 Å². The Balaban J connectivity index is 3.06. The summed E-state index contributed by atoms with van der Waals surface area (Å²) in [5.74, 6) is -2.52. The zero-order chi connectivity index (χ0) is 9.14. The second-order valence-corrected chi connectivity index (χ2v) is 1.94. The third-order valence-electron chi connectivity index (χ3n) is 1.15. The van der Waals surface area contributed by atoms with Crippen LogP contribution in [0.15, 0.2) is 24.4 Å². The second kappa shape index (κ2) is 3.34. The molecule has 1 heterocycles. The molecule has 1 nitrogen and oxygen atoms in total. The second-order valence-electron chi connectivity index (χ2n) is 1.94. The van der Waals surface area contributed by atoms with Gasteiger partial charge in [0, 0.05) is 11.8 Å². The maximum Gasteiger partial charge on any atom is 0.306 e. The van der Waals surface area contributed by atoms with Crippen LogP contribution in [0.1, 0.15) is 5.56 Å². The lowest BCUT2D eigenvalue weighted by Gasteiger charge is -1.94. The van der Waals surface area contributed by atoms with Gasteiger partial charge in [0.05, 0.1) is 0 Å². The monoisotopic (exact) mass is 177 g/mol. The molecule has 1 rings (SSSR count). The van der Waals surface area contributed by atoms with Crippen LogP contribution in [0.25, 0.3) is 5.83 Å². The summed E-state index contributed by atoms with van der Waals surface area (Å²) in [6.45, 7) is 0. The molecule has 0 aromatic carbocycles. The van der Waals surface area contributed by atoms with E-state index in [0.717, 1.165) is 12.1 Å². The van der Waals surface area contributed by atoms with Crippen LogP contribution in [-0.4, -0.2) is 4.98 Å². The van der Waals surface area contributed by atoms with Crippen LogP contribution in [-0.2, 0) is 0 Å². The highest BCUT2D eigenvalue weighted by molar-refractivity contribution is 5.58. The molecule has 0 aliphatic carbocycles. The molecule has 0 saturated carbocycles. The largest absolute Gasteiger partial charge is 0.306 e. The standard InChI is InChI=1S/C7H3F4N/c8-5-2-1-4(3-12-5)6(9)7(10)11/h1-3H. The fourth-order valence-electron chi connectivity index (χ4n) is 0.615. The maximum absolute atomic E-state index is 12.4. The number of pyridine rings is 1. The highest BCUT2D eigenvalue weighted by Crippen LogP contribution is 2.20. The summed E-state index contributed by atoms with van der Waals surface area (Å²) in [7, 11) is 0. The van der Waals surface area contributed by atoms with Gasteiger partial charge in [-0.15, -0.1) is 0 Å². The molecule has 0 atom stereocenters. The first-order valence-electron chi connectivity index (χ1n) is 2.94. The average molecular weight is 177 g/mol. The van der Waals surface area contributed by atoms with Crippen LogP contribution in [0, 0.1) is 5.95 Å². The van der Waals surface area contributed by atoms with Crippen molar-refractivity contribution in [3.8, 4) is 0 Å². The molecule has 0 N–H and O–H groups in total. The van der Waals surface area contributed by atoms with E-state index in [1.807, 2.05) is 0 Å². The van der Waals surface area contributed by atoms with E-state index in [4.69, 9.17) is 0 Å². The smallest absolute Gasteiger partial charge is 0.228 e. The summed E-state index contributed by atoms with van der Waals surface area (Å²) in [6.07, 6.45) is -1.74. The van der Waals surface area contributed by atoms with Crippen LogP contribution < -0.4 is 0 Å². The van der Waals surface area contributed by atoms with Crippen LogP contribution in [0.3, 0.4) is 0 Å². The SMILES string of the molecule is FC(F)=C(F)c1ccc(F)nc1. The third-order valence-corrected chi connectivity index (χ3v) is 1.15. The molecule has 1 aromatic heterocycles. The van der Waals surface area contributed by atoms with E-state index in [-0.39, 0.29) is 0 Å². The minimum Gasteiger partial charge on any atom is -0.228 e. The molecule has 0 bridgehead atoms. The number of hydrogen-bond donors (Lipinski definition) is 0. The fourth-order valence-corrected chi connectivity index (χ4v) is 0.615. The lowest BCUT2D eigenvalue weighted by Crippen LogP contribution is -1.85. The molecule has 5 heteroatoms. The van der Waals surface area contributed by atoms with E-state index in [1.54, 1.807) is 0 Å². The highest BCUT2D eigenvalue weighted by Gasteiger charge is 2.08. The molecule has 0 aliphatic heterocycles. The molecular weight excluding hydrogens is 174 g/mol. The minimum atomic E-state index is -2.44. The van der Waals surface area contributed by atoms with Gasteiger partial charge in [-0.05, 0) is 12.1 Å². The lowest BCUT2D eigenvalue weighted by atomic mass is 10.3. The maximum atomic E-state index is 12.4. The van der Waals surface area contributed by atoms with Gasteiger partial charge in [-0.2, -0.15) is 13.2 Å². The van der Waals surface area contributed by atoms with Gasteiger partial charge in [-0.1, -0.05) is 0 Å². The van der Waals surface area contributed by atoms with Gasteiger partial charge >= 0.3 is 6.08 Å². The normalized spacial score (nSPS) is 9.67. The van der Waals surface area contributed by atoms with Gasteiger partial charge in [0.15, 0.2) is 5.83 Å². The van der Waals surface area contributed by atoms with Crippen molar-refractivity contribution in [2.24, 2.45) is 0 Å². The number of aromatic nitrogens is 1. The van der Waals surface area contributed by atoms with E-state index in [9.17, 15) is 17.6 Å². The molecule has 12 heavy (non-hydrogen) atoms. The Morgan fingerprint density at radius 2 is 1.83 bits per heavy atom. The van der Waals surface area contributed by atoms with Crippen molar-refractivity contribution in [1.82, 2.24) is 4.98 Å². The predicted molar refractivity (Wildman–Crippen MR) is 34.4 cm³/mol. The van der Waals surface area contributed by atoms with Gasteiger partial charge in [0.1, 0.15) is 0 Å². The first-order valence-corrected chi connectivity index (χ1v) is 2.94. The summed E-state index contributed by atoms with van der Waals surface area (Å²) >= 11 is 0. The number of nitrogens with zero attached hydrogens (tertiary/aromatic N) is 1. The Morgan fingerprint density at radius 1 is 1.17 bits per heavy atom. The summed E-state index contributed by atoms with van der Waals surface area (Å²) in [4.78, 5) is 3.01. The molecule has 1 aromatic rings. The third kappa shape index (κ3) is 1.81. The van der Waals surface area contributed by atoms with Crippen molar-refractivity contribution >= 4 is 5.83 Å². The quantitative estimate of drug-likeness (QED) is 0.474. The van der Waals surface area contributed by atoms with Gasteiger partial charge < -0.3 is 0 Å². The molecule has 0 amide bonds. The Morgan fingerprint density at radius 3 is 2.25 bits per heavy atom. The molecule has 0 unspecified atom stereocenters. The number of hydrogen-bond acceptors (Lipinski definition) is 1. The molecule has 0 saturated heterocycles. The molecule has 0 fully saturated rings. The average Bonchev–Trinajstić information content (AvgIpc) is 2.04. The summed E-state index contributed by atoms with van der Waals surface area (Å²) in [6, 6.07) is 1.69. The number of halogens is 4. The minimum absolute atomic E-state index is 0.434. The van der Waals surface area contributed by atoms with E-state index in [0.29, 0.717) is 6.20 Å². The Labute approximate surface area is 65.4 Å². The molecule has 0 radical (unpaired) electrons. The van der Waals surface area contributed by atoms with Gasteiger partial charge in [0.25, 0.3) is 0 Å². The molecular formula is C7H3F4N. The predicted octanol–water partition coefficient (Wildman–Crippen LogP) is 2.76. The van der Waals surface area contributed by atoms with Crippen molar-refractivity contribution in [2.75, 3.05) is 0 Å². The van der Waals surface area contributed by atoms with Gasteiger partial charge in [-0.3, -0.25) is 0 Å². The van der Waals surface area contributed by atoms with Crippen LogP contribution >= 0.6 is 0 Å². The topological polar surface area (TPSA) is 12.9 Å². The Hall–Kier alpha value is -1.39. The van der Waals surface area contributed by atoms with E-state index < -0.39 is 23.4 Å². The van der Waals surface area contributed by atoms with Crippen molar-refractivity contribution in [2.45, 2.75) is 0 Å². The zero-order valence-corrected chi connectivity index (χ0v) is 5.69. The van der Waals surface area contributed by atoms with Gasteiger partial charge in [0.2, 0.25) is 5.95 Å². The lowest BCUT2D eigenvalue weighted by molar-refractivity contribution is 0.410. The number of rotatable bonds is 1.